The van der Waals surface area contributed by atoms with Crippen molar-refractivity contribution in [3.05, 3.63) is 29.3 Å². The van der Waals surface area contributed by atoms with E-state index in [1.165, 1.54) is 57.4 Å². The van der Waals surface area contributed by atoms with E-state index in [1.807, 2.05) is 0 Å². The lowest BCUT2D eigenvalue weighted by Gasteiger charge is -2.17. The topological polar surface area (TPSA) is 9.23 Å². The molecule has 1 aromatic rings. The summed E-state index contributed by atoms with van der Waals surface area (Å²) >= 11 is 2.59. The van der Waals surface area contributed by atoms with Gasteiger partial charge in [-0.2, -0.15) is 4.39 Å². The number of rotatable bonds is 14. The molecule has 0 saturated carbocycles. The highest BCUT2D eigenvalue weighted by Gasteiger charge is 2.12. The first-order chi connectivity index (χ1) is 12.5. The van der Waals surface area contributed by atoms with Crippen molar-refractivity contribution in [1.29, 1.82) is 0 Å². The number of aryl methyl sites for hydroxylation is 1. The Hall–Kier alpha value is -0.390. The van der Waals surface area contributed by atoms with Crippen molar-refractivity contribution in [2.24, 2.45) is 5.92 Å². The average molecular weight is 480 g/mol. The monoisotopic (exact) mass is 480 g/mol. The number of unbranched alkanes of at least 4 members (excludes halogenated alkanes) is 1. The zero-order valence-electron chi connectivity index (χ0n) is 16.6. The van der Waals surface area contributed by atoms with Crippen molar-refractivity contribution in [1.82, 2.24) is 0 Å². The summed E-state index contributed by atoms with van der Waals surface area (Å²) in [6.07, 6.45) is 12.3. The maximum atomic E-state index is 13.8. The van der Waals surface area contributed by atoms with Gasteiger partial charge in [-0.3, -0.25) is 0 Å². The van der Waals surface area contributed by atoms with Crippen LogP contribution in [0.1, 0.15) is 83.6 Å². The standard InChI is InChI=1S/C22H35F2IO/c1-4-9-18(12-8-13-19(25)10-5-2)11-6-7-16-26-20-15-14-17(3)21(23)22(20)24/h14-15,18-19H,4-13,16H2,1-3H3. The van der Waals surface area contributed by atoms with Crippen LogP contribution in [0.3, 0.4) is 0 Å². The van der Waals surface area contributed by atoms with Gasteiger partial charge in [0.2, 0.25) is 5.82 Å². The molecule has 0 aromatic heterocycles. The van der Waals surface area contributed by atoms with Gasteiger partial charge >= 0.3 is 0 Å². The summed E-state index contributed by atoms with van der Waals surface area (Å²) in [5.41, 5.74) is 0.310. The van der Waals surface area contributed by atoms with Gasteiger partial charge in [-0.05, 0) is 50.2 Å². The SMILES string of the molecule is CCCC(I)CCCC(CCC)CCCCOc1ccc(C)c(F)c1F. The molecule has 0 amide bonds. The first kappa shape index (κ1) is 23.6. The molecular formula is C22H35F2IO. The van der Waals surface area contributed by atoms with Crippen LogP contribution in [-0.4, -0.2) is 10.5 Å². The highest BCUT2D eigenvalue weighted by molar-refractivity contribution is 14.1. The maximum Gasteiger partial charge on any atom is 0.200 e. The van der Waals surface area contributed by atoms with Crippen molar-refractivity contribution in [3.8, 4) is 5.75 Å². The molecule has 26 heavy (non-hydrogen) atoms. The summed E-state index contributed by atoms with van der Waals surface area (Å²) in [7, 11) is 0. The minimum atomic E-state index is -0.866. The molecule has 4 heteroatoms. The minimum Gasteiger partial charge on any atom is -0.490 e. The fourth-order valence-electron chi connectivity index (χ4n) is 3.38. The maximum absolute atomic E-state index is 13.8. The Morgan fingerprint density at radius 3 is 2.27 bits per heavy atom. The number of halogens is 3. The van der Waals surface area contributed by atoms with Crippen molar-refractivity contribution in [2.45, 2.75) is 88.9 Å². The molecule has 0 aliphatic rings. The number of hydrogen-bond acceptors (Lipinski definition) is 1. The summed E-state index contributed by atoms with van der Waals surface area (Å²) in [6.45, 7) is 6.51. The fourth-order valence-corrected chi connectivity index (χ4v) is 4.45. The second kappa shape index (κ2) is 13.7. The van der Waals surface area contributed by atoms with Crippen LogP contribution in [0.4, 0.5) is 8.78 Å². The van der Waals surface area contributed by atoms with Crippen molar-refractivity contribution >= 4 is 22.6 Å². The highest BCUT2D eigenvalue weighted by atomic mass is 127. The molecule has 0 spiro atoms. The van der Waals surface area contributed by atoms with Gasteiger partial charge in [-0.15, -0.1) is 0 Å². The number of alkyl halides is 1. The summed E-state index contributed by atoms with van der Waals surface area (Å²) in [4.78, 5) is 0. The molecule has 0 saturated heterocycles. The molecule has 2 unspecified atom stereocenters. The summed E-state index contributed by atoms with van der Waals surface area (Å²) in [5, 5.41) is 0. The highest BCUT2D eigenvalue weighted by Crippen LogP contribution is 2.25. The van der Waals surface area contributed by atoms with E-state index < -0.39 is 11.6 Å². The van der Waals surface area contributed by atoms with E-state index in [0.29, 0.717) is 12.2 Å². The zero-order chi connectivity index (χ0) is 19.4. The van der Waals surface area contributed by atoms with Crippen molar-refractivity contribution in [3.63, 3.8) is 0 Å². The second-order valence-electron chi connectivity index (χ2n) is 7.32. The van der Waals surface area contributed by atoms with Crippen LogP contribution in [0.25, 0.3) is 0 Å². The van der Waals surface area contributed by atoms with Crippen molar-refractivity contribution < 1.29 is 13.5 Å². The summed E-state index contributed by atoms with van der Waals surface area (Å²) < 4.78 is 33.5. The zero-order valence-corrected chi connectivity index (χ0v) is 18.8. The lowest BCUT2D eigenvalue weighted by molar-refractivity contribution is 0.277. The van der Waals surface area contributed by atoms with E-state index >= 15 is 0 Å². The Balaban J connectivity index is 2.25. The van der Waals surface area contributed by atoms with Crippen LogP contribution in [0.2, 0.25) is 0 Å². The van der Waals surface area contributed by atoms with Gasteiger partial charge in [0.25, 0.3) is 0 Å². The lowest BCUT2D eigenvalue weighted by Crippen LogP contribution is -2.05. The van der Waals surface area contributed by atoms with E-state index in [9.17, 15) is 8.78 Å². The Kier molecular flexibility index (Phi) is 12.5. The molecule has 0 fully saturated rings. The Bertz CT molecular complexity index is 507. The minimum absolute atomic E-state index is 0.0298. The van der Waals surface area contributed by atoms with Gasteiger partial charge in [0, 0.05) is 3.92 Å². The number of benzene rings is 1. The third kappa shape index (κ3) is 9.01. The van der Waals surface area contributed by atoms with E-state index in [2.05, 4.69) is 36.4 Å². The Morgan fingerprint density at radius 1 is 0.885 bits per heavy atom. The van der Waals surface area contributed by atoms with E-state index in [1.54, 1.807) is 13.0 Å². The summed E-state index contributed by atoms with van der Waals surface area (Å²) in [6, 6.07) is 3.08. The lowest BCUT2D eigenvalue weighted by atomic mass is 9.91. The molecule has 1 aromatic carbocycles. The molecule has 1 rings (SSSR count). The van der Waals surface area contributed by atoms with Crippen molar-refractivity contribution in [2.75, 3.05) is 6.61 Å². The molecule has 1 nitrogen and oxygen atoms in total. The van der Waals surface area contributed by atoms with Gasteiger partial charge in [-0.1, -0.05) is 81.0 Å². The van der Waals surface area contributed by atoms with Crippen LogP contribution < -0.4 is 4.74 Å². The van der Waals surface area contributed by atoms with Crippen LogP contribution >= 0.6 is 22.6 Å². The molecular weight excluding hydrogens is 445 g/mol. The van der Waals surface area contributed by atoms with E-state index in [4.69, 9.17) is 4.74 Å². The summed E-state index contributed by atoms with van der Waals surface area (Å²) in [5.74, 6) is -0.850. The van der Waals surface area contributed by atoms with Crippen LogP contribution in [0.15, 0.2) is 12.1 Å². The molecule has 150 valence electrons. The molecule has 2 atom stereocenters. The van der Waals surface area contributed by atoms with Crippen LogP contribution in [0.5, 0.6) is 5.75 Å². The third-order valence-electron chi connectivity index (χ3n) is 4.93. The molecule has 0 heterocycles. The normalized spacial score (nSPS) is 13.6. The van der Waals surface area contributed by atoms with Crippen LogP contribution in [0, 0.1) is 24.5 Å². The predicted octanol–water partition coefficient (Wildman–Crippen LogP) is 8.01. The van der Waals surface area contributed by atoms with Gasteiger partial charge in [0.05, 0.1) is 6.61 Å². The average Bonchev–Trinajstić information content (AvgIpc) is 2.61. The Morgan fingerprint density at radius 2 is 1.58 bits per heavy atom. The molecule has 0 bridgehead atoms. The van der Waals surface area contributed by atoms with Gasteiger partial charge in [0.1, 0.15) is 0 Å². The number of ether oxygens (including phenoxy) is 1. The van der Waals surface area contributed by atoms with Crippen LogP contribution in [-0.2, 0) is 0 Å². The largest absolute Gasteiger partial charge is 0.490 e. The second-order valence-corrected chi connectivity index (χ2v) is 9.09. The quantitative estimate of drug-likeness (QED) is 0.149. The molecule has 0 aliphatic heterocycles. The van der Waals surface area contributed by atoms with Gasteiger partial charge in [-0.25, -0.2) is 4.39 Å². The molecule has 0 radical (unpaired) electrons. The predicted molar refractivity (Wildman–Crippen MR) is 115 cm³/mol. The first-order valence-corrected chi connectivity index (χ1v) is 11.5. The fraction of sp³-hybridized carbons (Fsp3) is 0.727. The van der Waals surface area contributed by atoms with Gasteiger partial charge < -0.3 is 4.74 Å². The van der Waals surface area contributed by atoms with E-state index in [-0.39, 0.29) is 5.75 Å². The Labute approximate surface area is 172 Å². The molecule has 0 N–H and O–H groups in total. The van der Waals surface area contributed by atoms with E-state index in [0.717, 1.165) is 22.7 Å². The third-order valence-corrected chi connectivity index (χ3v) is 6.18. The first-order valence-electron chi connectivity index (χ1n) is 10.2. The smallest absolute Gasteiger partial charge is 0.200 e. The molecule has 0 aliphatic carbocycles. The number of hydrogen-bond donors (Lipinski definition) is 0. The van der Waals surface area contributed by atoms with Gasteiger partial charge in [0.15, 0.2) is 11.6 Å².